The maximum Gasteiger partial charge on any atom is 0.269 e. The molecule has 0 saturated heterocycles. The van der Waals surface area contributed by atoms with Gasteiger partial charge in [-0.2, -0.15) is 0 Å². The molecular formula is C11H16N4O2. The average Bonchev–Trinajstić information content (AvgIpc) is 2.34. The van der Waals surface area contributed by atoms with Crippen molar-refractivity contribution in [3.63, 3.8) is 0 Å². The Morgan fingerprint density at radius 2 is 2.35 bits per heavy atom. The smallest absolute Gasteiger partial charge is 0.269 e. The van der Waals surface area contributed by atoms with Gasteiger partial charge in [-0.15, -0.1) is 0 Å². The molecule has 0 radical (unpaired) electrons. The molecule has 0 aliphatic heterocycles. The highest BCUT2D eigenvalue weighted by Gasteiger charge is 2.05. The zero-order chi connectivity index (χ0) is 12.7. The van der Waals surface area contributed by atoms with Gasteiger partial charge in [0, 0.05) is 18.7 Å². The van der Waals surface area contributed by atoms with Gasteiger partial charge in [0.05, 0.1) is 0 Å². The number of pyridine rings is 1. The summed E-state index contributed by atoms with van der Waals surface area (Å²) in [7, 11) is 0. The number of hydrogen-bond donors (Lipinski definition) is 3. The number of oxime groups is 1. The molecule has 1 rings (SSSR count). The van der Waals surface area contributed by atoms with E-state index in [4.69, 9.17) is 10.9 Å². The lowest BCUT2D eigenvalue weighted by Gasteiger charge is -2.04. The predicted molar refractivity (Wildman–Crippen MR) is 64.0 cm³/mol. The van der Waals surface area contributed by atoms with Crippen molar-refractivity contribution in [2.24, 2.45) is 10.9 Å². The monoisotopic (exact) mass is 236 g/mol. The number of aromatic nitrogens is 1. The molecule has 4 N–H and O–H groups in total. The highest BCUT2D eigenvalue weighted by molar-refractivity contribution is 5.92. The average molecular weight is 236 g/mol. The van der Waals surface area contributed by atoms with Crippen LogP contribution in [0.2, 0.25) is 0 Å². The zero-order valence-corrected chi connectivity index (χ0v) is 9.68. The van der Waals surface area contributed by atoms with Crippen molar-refractivity contribution in [3.05, 3.63) is 29.6 Å². The molecule has 1 aromatic heterocycles. The van der Waals surface area contributed by atoms with Crippen molar-refractivity contribution in [1.29, 1.82) is 0 Å². The molecule has 0 aliphatic rings. The molecule has 0 unspecified atom stereocenters. The highest BCUT2D eigenvalue weighted by atomic mass is 16.4. The molecule has 0 aliphatic carbocycles. The van der Waals surface area contributed by atoms with E-state index in [1.54, 1.807) is 12.1 Å². The van der Waals surface area contributed by atoms with Gasteiger partial charge in [-0.05, 0) is 25.5 Å². The Kier molecular flexibility index (Phi) is 4.93. The summed E-state index contributed by atoms with van der Waals surface area (Å²) >= 11 is 0. The van der Waals surface area contributed by atoms with Gasteiger partial charge in [0.25, 0.3) is 5.91 Å². The van der Waals surface area contributed by atoms with E-state index in [1.807, 2.05) is 13.0 Å². The van der Waals surface area contributed by atoms with Crippen LogP contribution >= 0.6 is 0 Å². The van der Waals surface area contributed by atoms with Crippen molar-refractivity contribution in [1.82, 2.24) is 10.3 Å². The molecule has 92 valence electrons. The third-order valence-corrected chi connectivity index (χ3v) is 2.14. The van der Waals surface area contributed by atoms with Crippen molar-refractivity contribution in [2.75, 3.05) is 6.54 Å². The van der Waals surface area contributed by atoms with Gasteiger partial charge >= 0.3 is 0 Å². The van der Waals surface area contributed by atoms with Gasteiger partial charge in [0.1, 0.15) is 11.5 Å². The van der Waals surface area contributed by atoms with E-state index in [0.29, 0.717) is 25.1 Å². The quantitative estimate of drug-likeness (QED) is 0.230. The second-order valence-electron chi connectivity index (χ2n) is 3.62. The Labute approximate surface area is 99.5 Å². The van der Waals surface area contributed by atoms with Crippen LogP contribution < -0.4 is 11.1 Å². The summed E-state index contributed by atoms with van der Waals surface area (Å²) < 4.78 is 0. The van der Waals surface area contributed by atoms with Crippen LogP contribution in [0.5, 0.6) is 0 Å². The van der Waals surface area contributed by atoms with Crippen LogP contribution in [0.15, 0.2) is 23.4 Å². The summed E-state index contributed by atoms with van der Waals surface area (Å²) in [4.78, 5) is 15.7. The number of aryl methyl sites for hydroxylation is 1. The molecular weight excluding hydrogens is 220 g/mol. The van der Waals surface area contributed by atoms with Crippen molar-refractivity contribution in [3.8, 4) is 0 Å². The van der Waals surface area contributed by atoms with E-state index in [2.05, 4.69) is 15.5 Å². The maximum atomic E-state index is 11.6. The molecule has 1 aromatic rings. The number of nitrogens with one attached hydrogen (secondary N) is 1. The number of carbonyl (C=O) groups excluding carboxylic acids is 1. The number of carbonyl (C=O) groups is 1. The SMILES string of the molecule is Cc1cccc(C(=O)NCCC/C(N)=N/O)n1. The van der Waals surface area contributed by atoms with Crippen LogP contribution in [0, 0.1) is 6.92 Å². The number of amides is 1. The predicted octanol–water partition coefficient (Wildman–Crippen LogP) is 0.646. The normalized spacial score (nSPS) is 11.2. The third-order valence-electron chi connectivity index (χ3n) is 2.14. The molecule has 0 atom stereocenters. The first-order valence-corrected chi connectivity index (χ1v) is 5.31. The molecule has 0 fully saturated rings. The minimum atomic E-state index is -0.215. The zero-order valence-electron chi connectivity index (χ0n) is 9.68. The summed E-state index contributed by atoms with van der Waals surface area (Å²) in [5, 5.41) is 13.9. The fraction of sp³-hybridized carbons (Fsp3) is 0.364. The van der Waals surface area contributed by atoms with Gasteiger partial charge in [-0.25, -0.2) is 4.98 Å². The molecule has 0 aromatic carbocycles. The van der Waals surface area contributed by atoms with Crippen LogP contribution in [-0.4, -0.2) is 28.5 Å². The topological polar surface area (TPSA) is 101 Å². The number of nitrogens with two attached hydrogens (primary N) is 1. The first-order chi connectivity index (χ1) is 8.13. The molecule has 0 spiro atoms. The van der Waals surface area contributed by atoms with Crippen molar-refractivity contribution >= 4 is 11.7 Å². The van der Waals surface area contributed by atoms with E-state index >= 15 is 0 Å². The molecule has 6 heteroatoms. The summed E-state index contributed by atoms with van der Waals surface area (Å²) in [6, 6.07) is 5.27. The second kappa shape index (κ2) is 6.47. The minimum absolute atomic E-state index is 0.160. The highest BCUT2D eigenvalue weighted by Crippen LogP contribution is 1.98. The maximum absolute atomic E-state index is 11.6. The Morgan fingerprint density at radius 1 is 1.59 bits per heavy atom. The molecule has 0 saturated carbocycles. The summed E-state index contributed by atoms with van der Waals surface area (Å²) in [6.07, 6.45) is 1.06. The Hall–Kier alpha value is -2.11. The van der Waals surface area contributed by atoms with Crippen LogP contribution in [0.1, 0.15) is 29.0 Å². The third kappa shape index (κ3) is 4.50. The van der Waals surface area contributed by atoms with Gasteiger partial charge in [0.2, 0.25) is 0 Å². The first-order valence-electron chi connectivity index (χ1n) is 5.31. The lowest BCUT2D eigenvalue weighted by molar-refractivity contribution is 0.0948. The molecule has 17 heavy (non-hydrogen) atoms. The number of hydrogen-bond acceptors (Lipinski definition) is 4. The molecule has 1 amide bonds. The van der Waals surface area contributed by atoms with Gasteiger partial charge < -0.3 is 16.3 Å². The Bertz CT molecular complexity index is 418. The molecule has 1 heterocycles. The van der Waals surface area contributed by atoms with Crippen LogP contribution in [0.25, 0.3) is 0 Å². The number of rotatable bonds is 5. The van der Waals surface area contributed by atoms with Crippen LogP contribution in [-0.2, 0) is 0 Å². The number of amidine groups is 1. The van der Waals surface area contributed by atoms with E-state index in [1.165, 1.54) is 0 Å². The second-order valence-corrected chi connectivity index (χ2v) is 3.62. The molecule has 0 bridgehead atoms. The van der Waals surface area contributed by atoms with Gasteiger partial charge in [0.15, 0.2) is 0 Å². The van der Waals surface area contributed by atoms with E-state index in [0.717, 1.165) is 5.69 Å². The van der Waals surface area contributed by atoms with Crippen molar-refractivity contribution in [2.45, 2.75) is 19.8 Å². The minimum Gasteiger partial charge on any atom is -0.409 e. The summed E-state index contributed by atoms with van der Waals surface area (Å²) in [5.74, 6) is -0.0545. The Morgan fingerprint density at radius 3 is 3.00 bits per heavy atom. The molecule has 6 nitrogen and oxygen atoms in total. The van der Waals surface area contributed by atoms with E-state index < -0.39 is 0 Å². The lowest BCUT2D eigenvalue weighted by atomic mass is 10.2. The largest absolute Gasteiger partial charge is 0.409 e. The lowest BCUT2D eigenvalue weighted by Crippen LogP contribution is -2.26. The van der Waals surface area contributed by atoms with Gasteiger partial charge in [-0.3, -0.25) is 4.79 Å². The standard InChI is InChI=1S/C11H16N4O2/c1-8-4-2-5-9(14-8)11(16)13-7-3-6-10(12)15-17/h2,4-5,17H,3,6-7H2,1H3,(H2,12,15)(H,13,16). The fourth-order valence-electron chi connectivity index (χ4n) is 1.28. The summed E-state index contributed by atoms with van der Waals surface area (Å²) in [6.45, 7) is 2.29. The van der Waals surface area contributed by atoms with Crippen LogP contribution in [0.3, 0.4) is 0 Å². The van der Waals surface area contributed by atoms with Crippen LogP contribution in [0.4, 0.5) is 0 Å². The Balaban J connectivity index is 2.35. The van der Waals surface area contributed by atoms with Gasteiger partial charge in [-0.1, -0.05) is 11.2 Å². The van der Waals surface area contributed by atoms with E-state index in [-0.39, 0.29) is 11.7 Å². The van der Waals surface area contributed by atoms with E-state index in [9.17, 15) is 4.79 Å². The first kappa shape index (κ1) is 13.0. The fourth-order valence-corrected chi connectivity index (χ4v) is 1.28. The van der Waals surface area contributed by atoms with Crippen molar-refractivity contribution < 1.29 is 10.0 Å². The summed E-state index contributed by atoms with van der Waals surface area (Å²) in [5.41, 5.74) is 6.49. The number of nitrogens with zero attached hydrogens (tertiary/aromatic N) is 2.